The van der Waals surface area contributed by atoms with Gasteiger partial charge in [0, 0.05) is 30.1 Å². The second-order valence-corrected chi connectivity index (χ2v) is 9.28. The molecule has 2 aromatic heterocycles. The summed E-state index contributed by atoms with van der Waals surface area (Å²) in [7, 11) is 0. The maximum atomic E-state index is 13.4. The summed E-state index contributed by atoms with van der Waals surface area (Å²) in [5, 5.41) is 11.9. The molecule has 1 saturated heterocycles. The van der Waals surface area contributed by atoms with Gasteiger partial charge in [0.25, 0.3) is 5.56 Å². The lowest BCUT2D eigenvalue weighted by Gasteiger charge is -2.18. The van der Waals surface area contributed by atoms with Crippen molar-refractivity contribution in [1.29, 1.82) is 0 Å². The first kappa shape index (κ1) is 24.6. The van der Waals surface area contributed by atoms with Gasteiger partial charge in [-0.3, -0.25) is 4.79 Å². The summed E-state index contributed by atoms with van der Waals surface area (Å²) >= 11 is 0. The van der Waals surface area contributed by atoms with Crippen molar-refractivity contribution >= 4 is 39.7 Å². The second-order valence-electron chi connectivity index (χ2n) is 9.28. The smallest absolute Gasteiger partial charge is 0.416 e. The van der Waals surface area contributed by atoms with Crippen molar-refractivity contribution in [2.24, 2.45) is 4.99 Å². The molecule has 7 nitrogen and oxygen atoms in total. The quantitative estimate of drug-likeness (QED) is 0.289. The van der Waals surface area contributed by atoms with E-state index in [0.717, 1.165) is 48.1 Å². The number of halogens is 3. The third kappa shape index (κ3) is 4.47. The first-order valence-electron chi connectivity index (χ1n) is 12.4. The number of aromatic hydroxyl groups is 1. The molecule has 0 bridgehead atoms. The van der Waals surface area contributed by atoms with E-state index in [1.807, 2.05) is 24.3 Å². The lowest BCUT2D eigenvalue weighted by molar-refractivity contribution is -0.137. The lowest BCUT2D eigenvalue weighted by Crippen LogP contribution is -2.21. The number of pyridine rings is 1. The molecule has 39 heavy (non-hydrogen) atoms. The highest BCUT2D eigenvalue weighted by Crippen LogP contribution is 2.33. The molecule has 1 fully saturated rings. The van der Waals surface area contributed by atoms with E-state index in [-0.39, 0.29) is 16.6 Å². The van der Waals surface area contributed by atoms with Crippen LogP contribution in [0.1, 0.15) is 24.0 Å². The third-order valence-corrected chi connectivity index (χ3v) is 6.79. The molecule has 1 aliphatic heterocycles. The molecule has 0 unspecified atom stereocenters. The maximum Gasteiger partial charge on any atom is 0.416 e. The van der Waals surface area contributed by atoms with Gasteiger partial charge in [0.2, 0.25) is 5.88 Å². The Morgan fingerprint density at radius 2 is 1.54 bits per heavy atom. The van der Waals surface area contributed by atoms with Gasteiger partial charge < -0.3 is 10.0 Å². The number of nitrogens with zero attached hydrogens (tertiary/aromatic N) is 5. The Morgan fingerprint density at radius 1 is 0.872 bits per heavy atom. The number of fused-ring (bicyclic) bond motifs is 2. The van der Waals surface area contributed by atoms with Gasteiger partial charge in [0.15, 0.2) is 11.6 Å². The summed E-state index contributed by atoms with van der Waals surface area (Å²) in [6.07, 6.45) is -1.19. The van der Waals surface area contributed by atoms with Crippen molar-refractivity contribution in [3.8, 4) is 11.6 Å². The number of hydrogen-bond donors (Lipinski definition) is 1. The minimum absolute atomic E-state index is 0.115. The van der Waals surface area contributed by atoms with Crippen LogP contribution in [0.5, 0.6) is 5.88 Å². The number of anilines is 1. The number of para-hydroxylation sites is 2. The number of alkyl halides is 3. The van der Waals surface area contributed by atoms with Crippen molar-refractivity contribution in [1.82, 2.24) is 14.5 Å². The van der Waals surface area contributed by atoms with E-state index in [1.54, 1.807) is 24.3 Å². The average molecular weight is 530 g/mol. The first-order valence-corrected chi connectivity index (χ1v) is 12.4. The third-order valence-electron chi connectivity index (χ3n) is 6.79. The van der Waals surface area contributed by atoms with Crippen LogP contribution in [0.2, 0.25) is 0 Å². The molecule has 1 N–H and O–H groups in total. The Balaban J connectivity index is 1.55. The molecule has 3 heterocycles. The fraction of sp³-hybridized carbons (Fsp3) is 0.172. The van der Waals surface area contributed by atoms with E-state index >= 15 is 0 Å². The van der Waals surface area contributed by atoms with Gasteiger partial charge in [-0.2, -0.15) is 13.2 Å². The van der Waals surface area contributed by atoms with Gasteiger partial charge in [0.05, 0.1) is 27.8 Å². The van der Waals surface area contributed by atoms with Crippen LogP contribution in [0.15, 0.2) is 82.6 Å². The standard InChI is InChI=1S/C29H22F3N5O2/c30-29(31,32)18-8-7-9-19(16-18)37-27(38)21-11-2-1-10-20(21)22(28(37)39)17-33-25-26(36-14-5-6-15-36)35-24-13-4-3-12-23(24)34-25/h1-4,7-13,16-17,39H,5-6,14-15H2. The van der Waals surface area contributed by atoms with Crippen molar-refractivity contribution in [2.75, 3.05) is 18.0 Å². The fourth-order valence-electron chi connectivity index (χ4n) is 4.88. The van der Waals surface area contributed by atoms with E-state index < -0.39 is 23.2 Å². The van der Waals surface area contributed by atoms with Crippen LogP contribution in [0.3, 0.4) is 0 Å². The molecule has 0 radical (unpaired) electrons. The number of aromatic nitrogens is 3. The second kappa shape index (κ2) is 9.54. The Morgan fingerprint density at radius 3 is 2.26 bits per heavy atom. The highest BCUT2D eigenvalue weighted by atomic mass is 19.4. The number of rotatable bonds is 4. The summed E-state index contributed by atoms with van der Waals surface area (Å²) in [4.78, 5) is 29.6. The fourth-order valence-corrected chi connectivity index (χ4v) is 4.88. The summed E-state index contributed by atoms with van der Waals surface area (Å²) in [6, 6.07) is 18.3. The van der Waals surface area contributed by atoms with E-state index in [9.17, 15) is 23.1 Å². The predicted octanol–water partition coefficient (Wildman–Crippen LogP) is 6.01. The summed E-state index contributed by atoms with van der Waals surface area (Å²) in [6.45, 7) is 1.62. The Labute approximate surface area is 220 Å². The molecule has 6 rings (SSSR count). The molecule has 0 amide bonds. The molecule has 3 aromatic carbocycles. The normalized spacial score (nSPS) is 14.2. The first-order chi connectivity index (χ1) is 18.8. The summed E-state index contributed by atoms with van der Waals surface area (Å²) < 4.78 is 41.1. The molecule has 0 spiro atoms. The van der Waals surface area contributed by atoms with Gasteiger partial charge in [0.1, 0.15) is 0 Å². The number of aliphatic imine (C=N–C) groups is 1. The van der Waals surface area contributed by atoms with E-state index in [0.29, 0.717) is 22.5 Å². The average Bonchev–Trinajstić information content (AvgIpc) is 3.47. The van der Waals surface area contributed by atoms with Crippen molar-refractivity contribution in [3.63, 3.8) is 0 Å². The van der Waals surface area contributed by atoms with Crippen LogP contribution < -0.4 is 10.5 Å². The monoisotopic (exact) mass is 529 g/mol. The Bertz CT molecular complexity index is 1810. The molecule has 0 atom stereocenters. The van der Waals surface area contributed by atoms with E-state index in [4.69, 9.17) is 9.97 Å². The van der Waals surface area contributed by atoms with Crippen LogP contribution >= 0.6 is 0 Å². The van der Waals surface area contributed by atoms with Gasteiger partial charge in [-0.1, -0.05) is 36.4 Å². The molecule has 196 valence electrons. The predicted molar refractivity (Wildman–Crippen MR) is 144 cm³/mol. The topological polar surface area (TPSA) is 83.6 Å². The molecule has 0 aliphatic carbocycles. The Hall–Kier alpha value is -4.73. The maximum absolute atomic E-state index is 13.4. The zero-order chi connectivity index (χ0) is 27.1. The van der Waals surface area contributed by atoms with Crippen LogP contribution in [0, 0.1) is 0 Å². The summed E-state index contributed by atoms with van der Waals surface area (Å²) in [5.74, 6) is 0.423. The van der Waals surface area contributed by atoms with Gasteiger partial charge in [-0.25, -0.2) is 19.5 Å². The van der Waals surface area contributed by atoms with Crippen LogP contribution in [0.4, 0.5) is 24.8 Å². The van der Waals surface area contributed by atoms with Gasteiger partial charge in [-0.15, -0.1) is 0 Å². The Kier molecular flexibility index (Phi) is 6.02. The van der Waals surface area contributed by atoms with Crippen LogP contribution in [-0.4, -0.2) is 38.9 Å². The zero-order valence-electron chi connectivity index (χ0n) is 20.6. The number of hydrogen-bond acceptors (Lipinski definition) is 6. The summed E-state index contributed by atoms with van der Waals surface area (Å²) in [5.41, 5.74) is -0.152. The molecular weight excluding hydrogens is 507 g/mol. The van der Waals surface area contributed by atoms with Crippen molar-refractivity contribution in [3.05, 3.63) is 94.3 Å². The highest BCUT2D eigenvalue weighted by Gasteiger charge is 2.31. The largest absolute Gasteiger partial charge is 0.494 e. The molecule has 0 saturated carbocycles. The van der Waals surface area contributed by atoms with E-state index in [1.165, 1.54) is 18.3 Å². The van der Waals surface area contributed by atoms with Gasteiger partial charge >= 0.3 is 6.18 Å². The minimum Gasteiger partial charge on any atom is -0.494 e. The minimum atomic E-state index is -4.61. The van der Waals surface area contributed by atoms with Crippen molar-refractivity contribution in [2.45, 2.75) is 19.0 Å². The van der Waals surface area contributed by atoms with Crippen LogP contribution in [0.25, 0.3) is 27.5 Å². The zero-order valence-corrected chi connectivity index (χ0v) is 20.6. The van der Waals surface area contributed by atoms with Crippen molar-refractivity contribution < 1.29 is 18.3 Å². The number of benzene rings is 3. The highest BCUT2D eigenvalue weighted by molar-refractivity contribution is 6.02. The molecule has 1 aliphatic rings. The molecule has 10 heteroatoms. The molecular formula is C29H22F3N5O2. The van der Waals surface area contributed by atoms with E-state index in [2.05, 4.69) is 9.89 Å². The SMILES string of the molecule is O=c1c2ccccc2c(C=Nc2nc3ccccc3nc2N2CCCC2)c(O)n1-c1cccc(C(F)(F)F)c1. The lowest BCUT2D eigenvalue weighted by atomic mass is 10.1. The van der Waals surface area contributed by atoms with Crippen LogP contribution in [-0.2, 0) is 6.18 Å². The molecule has 5 aromatic rings. The van der Waals surface area contributed by atoms with Gasteiger partial charge in [-0.05, 0) is 49.2 Å².